The Morgan fingerprint density at radius 2 is 1.89 bits per heavy atom. The minimum atomic E-state index is 0.445. The van der Waals surface area contributed by atoms with Crippen LogP contribution in [0.15, 0.2) is 11.8 Å². The lowest BCUT2D eigenvalue weighted by molar-refractivity contribution is 0.166. The minimum absolute atomic E-state index is 0.445. The molecule has 0 aromatic rings. The summed E-state index contributed by atoms with van der Waals surface area (Å²) < 4.78 is 5.74. The second-order valence-electron chi connectivity index (χ2n) is 5.35. The van der Waals surface area contributed by atoms with Crippen molar-refractivity contribution in [3.63, 3.8) is 0 Å². The normalized spacial score (nSPS) is 17.1. The lowest BCUT2D eigenvalue weighted by atomic mass is 10.0. The molecule has 1 heterocycles. The third-order valence-corrected chi connectivity index (χ3v) is 3.75. The van der Waals surface area contributed by atoms with E-state index in [0.29, 0.717) is 6.04 Å². The maximum atomic E-state index is 5.74. The summed E-state index contributed by atoms with van der Waals surface area (Å²) in [5.74, 6) is 1.19. The minimum Gasteiger partial charge on any atom is -0.497 e. The van der Waals surface area contributed by atoms with Gasteiger partial charge in [0.05, 0.1) is 12.6 Å². The smallest absolute Gasteiger partial charge is 0.109 e. The van der Waals surface area contributed by atoms with E-state index in [1.54, 1.807) is 0 Å². The van der Waals surface area contributed by atoms with E-state index in [1.807, 2.05) is 7.05 Å². The molecule has 0 bridgehead atoms. The van der Waals surface area contributed by atoms with Crippen molar-refractivity contribution in [3.05, 3.63) is 11.8 Å². The topological polar surface area (TPSA) is 21.3 Å². The zero-order chi connectivity index (χ0) is 13.1. The molecule has 0 fully saturated rings. The van der Waals surface area contributed by atoms with Gasteiger partial charge in [-0.15, -0.1) is 0 Å². The first-order valence-corrected chi connectivity index (χ1v) is 7.88. The first kappa shape index (κ1) is 15.6. The summed E-state index contributed by atoms with van der Waals surface area (Å²) in [6, 6.07) is 0.445. The molecule has 0 aromatic heterocycles. The number of allylic oxidation sites excluding steroid dienone is 1. The van der Waals surface area contributed by atoms with Crippen molar-refractivity contribution < 1.29 is 4.74 Å². The number of unbranched alkanes of at least 4 members (excludes halogenated alkanes) is 6. The molecule has 1 aliphatic rings. The van der Waals surface area contributed by atoms with Gasteiger partial charge in [-0.1, -0.05) is 51.9 Å². The maximum absolute atomic E-state index is 5.74. The van der Waals surface area contributed by atoms with Gasteiger partial charge in [-0.25, -0.2) is 0 Å². The average molecular weight is 253 g/mol. The fraction of sp³-hybridized carbons (Fsp3) is 0.875. The Labute approximate surface area is 113 Å². The number of rotatable bonds is 10. The Kier molecular flexibility index (Phi) is 9.01. The molecule has 2 heteroatoms. The summed E-state index contributed by atoms with van der Waals surface area (Å²) in [4.78, 5) is 0. The Hall–Kier alpha value is -0.500. The highest BCUT2D eigenvalue weighted by molar-refractivity contribution is 5.04. The number of ether oxygens (including phenoxy) is 1. The van der Waals surface area contributed by atoms with Gasteiger partial charge in [0, 0.05) is 0 Å². The second-order valence-corrected chi connectivity index (χ2v) is 5.35. The second kappa shape index (κ2) is 10.4. The predicted molar refractivity (Wildman–Crippen MR) is 78.7 cm³/mol. The van der Waals surface area contributed by atoms with Gasteiger partial charge in [0.25, 0.3) is 0 Å². The third kappa shape index (κ3) is 6.44. The van der Waals surface area contributed by atoms with Crippen molar-refractivity contribution in [1.29, 1.82) is 0 Å². The van der Waals surface area contributed by atoms with Crippen molar-refractivity contribution >= 4 is 0 Å². The number of nitrogens with one attached hydrogen (secondary N) is 1. The monoisotopic (exact) mass is 253 g/mol. The van der Waals surface area contributed by atoms with Crippen LogP contribution in [-0.4, -0.2) is 19.7 Å². The first-order chi connectivity index (χ1) is 8.88. The first-order valence-electron chi connectivity index (χ1n) is 7.88. The Morgan fingerprint density at radius 1 is 1.17 bits per heavy atom. The van der Waals surface area contributed by atoms with Crippen molar-refractivity contribution in [3.8, 4) is 0 Å². The summed E-state index contributed by atoms with van der Waals surface area (Å²) >= 11 is 0. The molecule has 2 nitrogen and oxygen atoms in total. The highest BCUT2D eigenvalue weighted by atomic mass is 16.5. The molecule has 1 unspecified atom stereocenters. The largest absolute Gasteiger partial charge is 0.497 e. The van der Waals surface area contributed by atoms with Crippen molar-refractivity contribution in [1.82, 2.24) is 5.32 Å². The molecule has 0 radical (unpaired) electrons. The van der Waals surface area contributed by atoms with Crippen LogP contribution in [0.1, 0.15) is 71.1 Å². The van der Waals surface area contributed by atoms with E-state index < -0.39 is 0 Å². The highest BCUT2D eigenvalue weighted by Crippen LogP contribution is 2.18. The lowest BCUT2D eigenvalue weighted by Crippen LogP contribution is -2.29. The molecule has 1 aliphatic heterocycles. The van der Waals surface area contributed by atoms with Crippen LogP contribution in [0.5, 0.6) is 0 Å². The molecule has 0 aliphatic carbocycles. The molecular formula is C16H31NO. The van der Waals surface area contributed by atoms with Crippen molar-refractivity contribution in [2.45, 2.75) is 77.2 Å². The van der Waals surface area contributed by atoms with Crippen LogP contribution >= 0.6 is 0 Å². The SMILES string of the molecule is CCCCCCCCCC(NC)C1=CCCCO1. The molecule has 1 atom stereocenters. The molecule has 0 saturated carbocycles. The van der Waals surface area contributed by atoms with Crippen LogP contribution in [0.3, 0.4) is 0 Å². The molecule has 0 saturated heterocycles. The van der Waals surface area contributed by atoms with E-state index in [9.17, 15) is 0 Å². The van der Waals surface area contributed by atoms with Crippen LogP contribution in [-0.2, 0) is 4.74 Å². The van der Waals surface area contributed by atoms with Crippen LogP contribution < -0.4 is 5.32 Å². The van der Waals surface area contributed by atoms with E-state index in [2.05, 4.69) is 18.3 Å². The summed E-state index contributed by atoms with van der Waals surface area (Å²) in [5, 5.41) is 3.39. The van der Waals surface area contributed by atoms with E-state index in [0.717, 1.165) is 6.61 Å². The van der Waals surface area contributed by atoms with Gasteiger partial charge >= 0.3 is 0 Å². The highest BCUT2D eigenvalue weighted by Gasteiger charge is 2.15. The molecule has 0 aromatic carbocycles. The van der Waals surface area contributed by atoms with Gasteiger partial charge in [0.1, 0.15) is 5.76 Å². The quantitative estimate of drug-likeness (QED) is 0.582. The van der Waals surface area contributed by atoms with Crippen LogP contribution in [0.2, 0.25) is 0 Å². The number of hydrogen-bond donors (Lipinski definition) is 1. The van der Waals surface area contributed by atoms with Gasteiger partial charge in [0.15, 0.2) is 0 Å². The molecule has 0 amide bonds. The molecule has 1 rings (SSSR count). The summed E-state index contributed by atoms with van der Waals surface area (Å²) in [6.07, 6.45) is 15.5. The molecule has 0 spiro atoms. The Bertz CT molecular complexity index is 225. The van der Waals surface area contributed by atoms with E-state index >= 15 is 0 Å². The maximum Gasteiger partial charge on any atom is 0.109 e. The van der Waals surface area contributed by atoms with Gasteiger partial charge in [-0.2, -0.15) is 0 Å². The van der Waals surface area contributed by atoms with Crippen LogP contribution in [0.25, 0.3) is 0 Å². The van der Waals surface area contributed by atoms with Gasteiger partial charge in [-0.05, 0) is 32.4 Å². The van der Waals surface area contributed by atoms with E-state index in [4.69, 9.17) is 4.74 Å². The van der Waals surface area contributed by atoms with Gasteiger partial charge in [-0.3, -0.25) is 0 Å². The van der Waals surface area contributed by atoms with Gasteiger partial charge < -0.3 is 10.1 Å². The molecule has 1 N–H and O–H groups in total. The third-order valence-electron chi connectivity index (χ3n) is 3.75. The fourth-order valence-corrected chi connectivity index (χ4v) is 2.55. The fourth-order valence-electron chi connectivity index (χ4n) is 2.55. The predicted octanol–water partition coefficient (Wildman–Crippen LogP) is 4.41. The van der Waals surface area contributed by atoms with Crippen LogP contribution in [0.4, 0.5) is 0 Å². The number of hydrogen-bond acceptors (Lipinski definition) is 2. The lowest BCUT2D eigenvalue weighted by Gasteiger charge is -2.23. The standard InChI is InChI=1S/C16H31NO/c1-3-4-5-6-7-8-9-12-15(17-2)16-13-10-11-14-18-16/h13,15,17H,3-12,14H2,1-2H3. The molecular weight excluding hydrogens is 222 g/mol. The van der Waals surface area contributed by atoms with Crippen LogP contribution in [0, 0.1) is 0 Å². The van der Waals surface area contributed by atoms with Crippen molar-refractivity contribution in [2.24, 2.45) is 0 Å². The Balaban J connectivity index is 2.06. The Morgan fingerprint density at radius 3 is 2.50 bits per heavy atom. The molecule has 18 heavy (non-hydrogen) atoms. The molecule has 106 valence electrons. The zero-order valence-corrected chi connectivity index (χ0v) is 12.3. The van der Waals surface area contributed by atoms with E-state index in [1.165, 1.54) is 70.0 Å². The van der Waals surface area contributed by atoms with E-state index in [-0.39, 0.29) is 0 Å². The zero-order valence-electron chi connectivity index (χ0n) is 12.3. The number of likely N-dealkylation sites (N-methyl/N-ethyl adjacent to an activating group) is 1. The summed E-state index contributed by atoms with van der Waals surface area (Å²) in [5.41, 5.74) is 0. The van der Waals surface area contributed by atoms with Gasteiger partial charge in [0.2, 0.25) is 0 Å². The summed E-state index contributed by atoms with van der Waals surface area (Å²) in [7, 11) is 2.05. The average Bonchev–Trinajstić information content (AvgIpc) is 2.43. The van der Waals surface area contributed by atoms with Crippen molar-refractivity contribution in [2.75, 3.05) is 13.7 Å². The summed E-state index contributed by atoms with van der Waals surface area (Å²) in [6.45, 7) is 3.18.